The van der Waals surface area contributed by atoms with Crippen molar-refractivity contribution in [3.05, 3.63) is 53.2 Å². The second-order valence-electron chi connectivity index (χ2n) is 13.2. The second kappa shape index (κ2) is 13.3. The Kier molecular flexibility index (Phi) is 9.06. The third kappa shape index (κ3) is 6.87. The predicted octanol–water partition coefficient (Wildman–Crippen LogP) is 6.24. The molecule has 2 aliphatic heterocycles. The summed E-state index contributed by atoms with van der Waals surface area (Å²) in [5.74, 6) is 1.70. The highest BCUT2D eigenvalue weighted by Crippen LogP contribution is 2.47. The number of nitrogens with zero attached hydrogens (tertiary/aromatic N) is 5. The van der Waals surface area contributed by atoms with Crippen LogP contribution >= 0.6 is 0 Å². The van der Waals surface area contributed by atoms with Gasteiger partial charge in [-0.05, 0) is 37.1 Å². The first-order valence-electron chi connectivity index (χ1n) is 16.7. The standard InChI is InChI=1S/C36H37F5N6O2/c1-3-6-27-29-32(30(38)31(43-27)25-8-5-7-22-9-10-26(37)24(4-2)28(22)25)44-34(45-33(29)47-17-14-42-15-18-47)48-21-35(12-13-35)20-46-16-11-23(19-46)49-36(39,40)41/h2,5,7-10,23,42H,3,6,11-21H2,1H3. The van der Waals surface area contributed by atoms with Crippen molar-refractivity contribution in [2.75, 3.05) is 57.3 Å². The maximum atomic E-state index is 17.0. The molecule has 1 N–H and O–H groups in total. The summed E-state index contributed by atoms with van der Waals surface area (Å²) in [4.78, 5) is 18.4. The number of aryl methyl sites for hydroxylation is 1. The minimum atomic E-state index is -4.66. The molecule has 49 heavy (non-hydrogen) atoms. The van der Waals surface area contributed by atoms with Crippen molar-refractivity contribution < 1.29 is 31.4 Å². The molecule has 1 saturated carbocycles. The Labute approximate surface area is 281 Å². The smallest absolute Gasteiger partial charge is 0.463 e. The molecule has 4 aromatic rings. The van der Waals surface area contributed by atoms with Crippen LogP contribution in [0.2, 0.25) is 0 Å². The van der Waals surface area contributed by atoms with E-state index in [1.54, 1.807) is 24.3 Å². The van der Waals surface area contributed by atoms with Crippen molar-refractivity contribution >= 4 is 27.5 Å². The molecule has 0 radical (unpaired) electrons. The number of fused-ring (bicyclic) bond motifs is 2. The molecule has 8 nitrogen and oxygen atoms in total. The van der Waals surface area contributed by atoms with E-state index in [9.17, 15) is 17.6 Å². The molecule has 1 atom stereocenters. The Hall–Kier alpha value is -4.12. The summed E-state index contributed by atoms with van der Waals surface area (Å²) in [7, 11) is 0. The molecule has 0 amide bonds. The van der Waals surface area contributed by atoms with E-state index < -0.39 is 24.1 Å². The highest BCUT2D eigenvalue weighted by Gasteiger charge is 2.47. The fourth-order valence-electron chi connectivity index (χ4n) is 7.11. The normalized spacial score (nSPS) is 19.4. The number of benzene rings is 2. The number of alkyl halides is 3. The molecule has 0 bridgehead atoms. The first-order chi connectivity index (χ1) is 23.6. The van der Waals surface area contributed by atoms with Gasteiger partial charge >= 0.3 is 12.4 Å². The minimum Gasteiger partial charge on any atom is -0.463 e. The molecule has 3 aliphatic rings. The predicted molar refractivity (Wildman–Crippen MR) is 176 cm³/mol. The fourth-order valence-corrected chi connectivity index (χ4v) is 7.11. The zero-order valence-electron chi connectivity index (χ0n) is 27.2. The van der Waals surface area contributed by atoms with Crippen LogP contribution in [0.3, 0.4) is 0 Å². The summed E-state index contributed by atoms with van der Waals surface area (Å²) in [5.41, 5.74) is 0.815. The molecule has 3 fully saturated rings. The third-order valence-electron chi connectivity index (χ3n) is 9.67. The van der Waals surface area contributed by atoms with Gasteiger partial charge in [-0.25, -0.2) is 13.8 Å². The van der Waals surface area contributed by atoms with Crippen LogP contribution in [0.15, 0.2) is 30.3 Å². The van der Waals surface area contributed by atoms with Gasteiger partial charge in [0.25, 0.3) is 0 Å². The van der Waals surface area contributed by atoms with Gasteiger partial charge in [0.2, 0.25) is 0 Å². The Bertz CT molecular complexity index is 1920. The van der Waals surface area contributed by atoms with E-state index in [0.717, 1.165) is 19.3 Å². The summed E-state index contributed by atoms with van der Waals surface area (Å²) in [5, 5.41) is 4.89. The van der Waals surface area contributed by atoms with Crippen molar-refractivity contribution in [1.29, 1.82) is 0 Å². The molecule has 1 unspecified atom stereocenters. The topological polar surface area (TPSA) is 75.6 Å². The van der Waals surface area contributed by atoms with Gasteiger partial charge in [0, 0.05) is 62.2 Å². The lowest BCUT2D eigenvalue weighted by Crippen LogP contribution is -2.44. The van der Waals surface area contributed by atoms with Crippen LogP contribution in [0.25, 0.3) is 32.9 Å². The minimum absolute atomic E-state index is 0.0128. The molecule has 4 heterocycles. The maximum Gasteiger partial charge on any atom is 0.522 e. The van der Waals surface area contributed by atoms with E-state index in [1.165, 1.54) is 6.07 Å². The van der Waals surface area contributed by atoms with Crippen LogP contribution < -0.4 is 15.0 Å². The number of piperazine rings is 1. The zero-order valence-corrected chi connectivity index (χ0v) is 27.2. The van der Waals surface area contributed by atoms with Gasteiger partial charge in [0.1, 0.15) is 22.8 Å². The molecule has 7 rings (SSSR count). The summed E-state index contributed by atoms with van der Waals surface area (Å²) < 4.78 is 80.7. The van der Waals surface area contributed by atoms with Crippen molar-refractivity contribution in [3.8, 4) is 29.6 Å². The number of rotatable bonds is 10. The lowest BCUT2D eigenvalue weighted by atomic mass is 9.95. The molecular weight excluding hydrogens is 643 g/mol. The molecule has 258 valence electrons. The van der Waals surface area contributed by atoms with Gasteiger partial charge in [-0.1, -0.05) is 43.5 Å². The van der Waals surface area contributed by atoms with Crippen molar-refractivity contribution in [2.24, 2.45) is 5.41 Å². The Balaban J connectivity index is 1.28. The number of ether oxygens (including phenoxy) is 2. The van der Waals surface area contributed by atoms with Gasteiger partial charge in [-0.2, -0.15) is 9.97 Å². The molecule has 0 spiro atoms. The number of anilines is 1. The quantitative estimate of drug-likeness (QED) is 0.156. The lowest BCUT2D eigenvalue weighted by molar-refractivity contribution is -0.340. The molecule has 13 heteroatoms. The van der Waals surface area contributed by atoms with E-state index in [4.69, 9.17) is 21.1 Å². The number of likely N-dealkylation sites (tertiary alicyclic amines) is 1. The second-order valence-corrected chi connectivity index (χ2v) is 13.2. The Morgan fingerprint density at radius 2 is 1.84 bits per heavy atom. The van der Waals surface area contributed by atoms with E-state index in [-0.39, 0.29) is 41.4 Å². The monoisotopic (exact) mass is 680 g/mol. The van der Waals surface area contributed by atoms with E-state index in [1.807, 2.05) is 11.8 Å². The van der Waals surface area contributed by atoms with Gasteiger partial charge < -0.3 is 15.0 Å². The number of terminal acetylenes is 1. The average molecular weight is 681 g/mol. The first-order valence-corrected chi connectivity index (χ1v) is 16.7. The van der Waals surface area contributed by atoms with Crippen molar-refractivity contribution in [3.63, 3.8) is 0 Å². The van der Waals surface area contributed by atoms with Crippen LogP contribution in [-0.4, -0.2) is 84.7 Å². The molecule has 2 aromatic heterocycles. The SMILES string of the molecule is C#Cc1c(F)ccc2cccc(-c3nc(CCC)c4c(N5CCNCC5)nc(OCC5(CN6CCC(OC(F)(F)F)C6)CC5)nc4c3F)c12. The highest BCUT2D eigenvalue weighted by molar-refractivity contribution is 6.02. The fraction of sp³-hybridized carbons (Fsp3) is 0.472. The van der Waals surface area contributed by atoms with Crippen LogP contribution in [0.4, 0.5) is 27.8 Å². The van der Waals surface area contributed by atoms with Crippen molar-refractivity contribution in [1.82, 2.24) is 25.2 Å². The van der Waals surface area contributed by atoms with Crippen LogP contribution in [0.1, 0.15) is 43.9 Å². The number of pyridine rings is 1. The molecule has 1 aliphatic carbocycles. The van der Waals surface area contributed by atoms with Gasteiger partial charge in [0.05, 0.1) is 29.4 Å². The van der Waals surface area contributed by atoms with E-state index in [0.29, 0.717) is 85.3 Å². The summed E-state index contributed by atoms with van der Waals surface area (Å²) in [6.45, 7) is 6.20. The molecule has 2 saturated heterocycles. The Morgan fingerprint density at radius 3 is 2.55 bits per heavy atom. The lowest BCUT2D eigenvalue weighted by Gasteiger charge is -2.30. The first kappa shape index (κ1) is 33.4. The van der Waals surface area contributed by atoms with Crippen molar-refractivity contribution in [2.45, 2.75) is 51.5 Å². The summed E-state index contributed by atoms with van der Waals surface area (Å²) in [6, 6.07) is 8.16. The number of hydrogen-bond donors (Lipinski definition) is 1. The summed E-state index contributed by atoms with van der Waals surface area (Å²) in [6.07, 6.45) is 3.42. The molecule has 2 aromatic carbocycles. The van der Waals surface area contributed by atoms with Crippen LogP contribution in [0, 0.1) is 29.4 Å². The number of halogens is 5. The number of hydrogen-bond acceptors (Lipinski definition) is 8. The zero-order chi connectivity index (χ0) is 34.3. The van der Waals surface area contributed by atoms with Crippen LogP contribution in [-0.2, 0) is 11.2 Å². The number of nitrogens with one attached hydrogen (secondary N) is 1. The van der Waals surface area contributed by atoms with E-state index in [2.05, 4.69) is 25.9 Å². The summed E-state index contributed by atoms with van der Waals surface area (Å²) >= 11 is 0. The van der Waals surface area contributed by atoms with E-state index >= 15 is 4.39 Å². The highest BCUT2D eigenvalue weighted by atomic mass is 19.4. The average Bonchev–Trinajstić information content (AvgIpc) is 3.72. The molecular formula is C36H37F5N6O2. The van der Waals surface area contributed by atoms with Gasteiger partial charge in [-0.3, -0.25) is 9.64 Å². The largest absolute Gasteiger partial charge is 0.522 e. The maximum absolute atomic E-state index is 17.0. The Morgan fingerprint density at radius 1 is 1.04 bits per heavy atom. The van der Waals surface area contributed by atoms with Gasteiger partial charge in [-0.15, -0.1) is 19.6 Å². The number of aromatic nitrogens is 3. The third-order valence-corrected chi connectivity index (χ3v) is 9.67. The van der Waals surface area contributed by atoms with Crippen LogP contribution in [0.5, 0.6) is 6.01 Å². The van der Waals surface area contributed by atoms with Gasteiger partial charge in [0.15, 0.2) is 5.82 Å².